The Hall–Kier alpha value is -1.91. The number of hydrogen-bond donors (Lipinski definition) is 0. The molecule has 0 amide bonds. The normalized spacial score (nSPS) is 10.9. The van der Waals surface area contributed by atoms with Crippen molar-refractivity contribution in [3.63, 3.8) is 0 Å². The van der Waals surface area contributed by atoms with Crippen LogP contribution in [-0.4, -0.2) is 26.3 Å². The molecule has 0 fully saturated rings. The number of tetrazole rings is 1. The molecule has 96 valence electrons. The van der Waals surface area contributed by atoms with E-state index in [4.69, 9.17) is 4.74 Å². The van der Waals surface area contributed by atoms with Crippen LogP contribution in [0, 0.1) is 0 Å². The first-order valence-corrected chi connectivity index (χ1v) is 6.25. The van der Waals surface area contributed by atoms with Crippen LogP contribution >= 0.6 is 0 Å². The summed E-state index contributed by atoms with van der Waals surface area (Å²) in [4.78, 5) is 0. The number of nitrogens with zero attached hydrogens (tertiary/aromatic N) is 4. The van der Waals surface area contributed by atoms with E-state index in [9.17, 15) is 0 Å². The molecule has 0 aliphatic rings. The van der Waals surface area contributed by atoms with Crippen LogP contribution in [0.4, 0.5) is 0 Å². The van der Waals surface area contributed by atoms with Gasteiger partial charge in [0.25, 0.3) is 0 Å². The lowest BCUT2D eigenvalue weighted by Crippen LogP contribution is -2.06. The van der Waals surface area contributed by atoms with Crippen molar-refractivity contribution >= 4 is 0 Å². The molecule has 1 heterocycles. The van der Waals surface area contributed by atoms with Crippen LogP contribution in [-0.2, 0) is 6.42 Å². The molecule has 1 aromatic carbocycles. The maximum absolute atomic E-state index is 5.60. The Balaban J connectivity index is 2.20. The fourth-order valence-corrected chi connectivity index (χ4v) is 1.72. The van der Waals surface area contributed by atoms with Gasteiger partial charge in [-0.25, -0.2) is 0 Å². The maximum Gasteiger partial charge on any atom is 0.156 e. The molecule has 0 aliphatic heterocycles. The molecule has 1 aromatic heterocycles. The largest absolute Gasteiger partial charge is 0.491 e. The van der Waals surface area contributed by atoms with Gasteiger partial charge in [0, 0.05) is 6.42 Å². The van der Waals surface area contributed by atoms with Gasteiger partial charge in [-0.1, -0.05) is 6.92 Å². The van der Waals surface area contributed by atoms with Crippen molar-refractivity contribution < 1.29 is 4.74 Å². The molecule has 18 heavy (non-hydrogen) atoms. The maximum atomic E-state index is 5.60. The zero-order chi connectivity index (χ0) is 13.0. The minimum absolute atomic E-state index is 0.180. The summed E-state index contributed by atoms with van der Waals surface area (Å²) in [5, 5.41) is 11.8. The van der Waals surface area contributed by atoms with Gasteiger partial charge >= 0.3 is 0 Å². The summed E-state index contributed by atoms with van der Waals surface area (Å²) in [6, 6.07) is 7.81. The van der Waals surface area contributed by atoms with Crippen LogP contribution in [0.3, 0.4) is 0 Å². The van der Waals surface area contributed by atoms with Crippen molar-refractivity contribution in [1.29, 1.82) is 0 Å². The molecule has 0 spiro atoms. The lowest BCUT2D eigenvalue weighted by atomic mass is 10.2. The van der Waals surface area contributed by atoms with Crippen LogP contribution in [0.1, 0.15) is 33.0 Å². The summed E-state index contributed by atoms with van der Waals surface area (Å²) < 4.78 is 7.37. The quantitative estimate of drug-likeness (QED) is 0.813. The van der Waals surface area contributed by atoms with Gasteiger partial charge < -0.3 is 4.74 Å². The number of aromatic nitrogens is 4. The Morgan fingerprint density at radius 3 is 2.56 bits per heavy atom. The first-order valence-electron chi connectivity index (χ1n) is 6.25. The number of benzene rings is 1. The van der Waals surface area contributed by atoms with Gasteiger partial charge in [-0.2, -0.15) is 4.68 Å². The fourth-order valence-electron chi connectivity index (χ4n) is 1.72. The summed E-state index contributed by atoms with van der Waals surface area (Å²) in [6.07, 6.45) is 2.08. The van der Waals surface area contributed by atoms with Crippen molar-refractivity contribution in [1.82, 2.24) is 20.2 Å². The molecular formula is C13H18N4O. The summed E-state index contributed by atoms with van der Waals surface area (Å²) in [5.74, 6) is 1.74. The monoisotopic (exact) mass is 246 g/mol. The van der Waals surface area contributed by atoms with Crippen LogP contribution in [0.25, 0.3) is 5.69 Å². The molecule has 0 N–H and O–H groups in total. The molecule has 2 rings (SSSR count). The minimum atomic E-state index is 0.180. The highest BCUT2D eigenvalue weighted by molar-refractivity contribution is 5.37. The average Bonchev–Trinajstić information content (AvgIpc) is 2.78. The second-order valence-electron chi connectivity index (χ2n) is 4.42. The molecule has 0 saturated heterocycles. The Morgan fingerprint density at radius 2 is 1.94 bits per heavy atom. The van der Waals surface area contributed by atoms with Crippen LogP contribution < -0.4 is 4.74 Å². The van der Waals surface area contributed by atoms with Gasteiger partial charge in [-0.05, 0) is 55.0 Å². The van der Waals surface area contributed by atoms with E-state index >= 15 is 0 Å². The predicted molar refractivity (Wildman–Crippen MR) is 68.9 cm³/mol. The van der Waals surface area contributed by atoms with E-state index in [-0.39, 0.29) is 6.10 Å². The molecule has 0 unspecified atom stereocenters. The topological polar surface area (TPSA) is 52.8 Å². The van der Waals surface area contributed by atoms with E-state index in [0.29, 0.717) is 0 Å². The Kier molecular flexibility index (Phi) is 3.92. The SMILES string of the molecule is CCCc1nnnn1-c1ccc(OC(C)C)cc1. The highest BCUT2D eigenvalue weighted by Gasteiger charge is 2.07. The second kappa shape index (κ2) is 5.62. The first kappa shape index (κ1) is 12.5. The molecule has 5 nitrogen and oxygen atoms in total. The number of aryl methyl sites for hydroxylation is 1. The first-order chi connectivity index (χ1) is 8.70. The van der Waals surface area contributed by atoms with Crippen LogP contribution in [0.5, 0.6) is 5.75 Å². The van der Waals surface area contributed by atoms with E-state index < -0.39 is 0 Å². The molecule has 0 radical (unpaired) electrons. The van der Waals surface area contributed by atoms with Crippen LogP contribution in [0.2, 0.25) is 0 Å². The van der Waals surface area contributed by atoms with E-state index in [1.54, 1.807) is 4.68 Å². The Morgan fingerprint density at radius 1 is 1.22 bits per heavy atom. The fraction of sp³-hybridized carbons (Fsp3) is 0.462. The summed E-state index contributed by atoms with van der Waals surface area (Å²) in [5.41, 5.74) is 0.958. The van der Waals surface area contributed by atoms with Crippen molar-refractivity contribution in [2.75, 3.05) is 0 Å². The third kappa shape index (κ3) is 2.85. The van der Waals surface area contributed by atoms with Gasteiger partial charge in [0.05, 0.1) is 11.8 Å². The lowest BCUT2D eigenvalue weighted by Gasteiger charge is -2.10. The van der Waals surface area contributed by atoms with Gasteiger partial charge in [-0.15, -0.1) is 5.10 Å². The zero-order valence-corrected chi connectivity index (χ0v) is 11.0. The van der Waals surface area contributed by atoms with Crippen LogP contribution in [0.15, 0.2) is 24.3 Å². The van der Waals surface area contributed by atoms with E-state index in [0.717, 1.165) is 30.1 Å². The minimum Gasteiger partial charge on any atom is -0.491 e. The molecule has 0 aliphatic carbocycles. The second-order valence-corrected chi connectivity index (χ2v) is 4.42. The predicted octanol–water partition coefficient (Wildman–Crippen LogP) is 2.40. The van der Waals surface area contributed by atoms with Gasteiger partial charge in [0.1, 0.15) is 5.75 Å². The van der Waals surface area contributed by atoms with Crippen molar-refractivity contribution in [2.24, 2.45) is 0 Å². The third-order valence-electron chi connectivity index (χ3n) is 2.46. The van der Waals surface area contributed by atoms with Crippen molar-refractivity contribution in [3.05, 3.63) is 30.1 Å². The highest BCUT2D eigenvalue weighted by Crippen LogP contribution is 2.16. The molecule has 0 atom stereocenters. The third-order valence-corrected chi connectivity index (χ3v) is 2.46. The number of ether oxygens (including phenoxy) is 1. The molecule has 0 bridgehead atoms. The average molecular weight is 246 g/mol. The highest BCUT2D eigenvalue weighted by atomic mass is 16.5. The lowest BCUT2D eigenvalue weighted by molar-refractivity contribution is 0.242. The summed E-state index contributed by atoms with van der Waals surface area (Å²) >= 11 is 0. The number of hydrogen-bond acceptors (Lipinski definition) is 4. The molecule has 0 saturated carbocycles. The van der Waals surface area contributed by atoms with E-state index in [2.05, 4.69) is 22.4 Å². The van der Waals surface area contributed by atoms with Crippen molar-refractivity contribution in [2.45, 2.75) is 39.7 Å². The molecule has 2 aromatic rings. The Bertz CT molecular complexity index is 490. The molecule has 5 heteroatoms. The summed E-state index contributed by atoms with van der Waals surface area (Å²) in [6.45, 7) is 6.13. The zero-order valence-electron chi connectivity index (χ0n) is 11.0. The Labute approximate surface area is 107 Å². The smallest absolute Gasteiger partial charge is 0.156 e. The number of rotatable bonds is 5. The van der Waals surface area contributed by atoms with E-state index in [1.165, 1.54) is 0 Å². The van der Waals surface area contributed by atoms with E-state index in [1.807, 2.05) is 38.1 Å². The summed E-state index contributed by atoms with van der Waals surface area (Å²) in [7, 11) is 0. The standard InChI is InChI=1S/C13H18N4O/c1-4-5-13-14-15-16-17(13)11-6-8-12(9-7-11)18-10(2)3/h6-10H,4-5H2,1-3H3. The van der Waals surface area contributed by atoms with Gasteiger partial charge in [-0.3, -0.25) is 0 Å². The van der Waals surface area contributed by atoms with Crippen molar-refractivity contribution in [3.8, 4) is 11.4 Å². The van der Waals surface area contributed by atoms with Gasteiger partial charge in [0.2, 0.25) is 0 Å². The molecular weight excluding hydrogens is 228 g/mol. The van der Waals surface area contributed by atoms with Gasteiger partial charge in [0.15, 0.2) is 5.82 Å².